The minimum absolute atomic E-state index is 0.697. The minimum Gasteiger partial charge on any atom is -0.496 e. The summed E-state index contributed by atoms with van der Waals surface area (Å²) >= 11 is 7.56. The molecule has 1 heterocycles. The molecule has 4 heteroatoms. The standard InChI is InChI=1S/C9H8ClNOS/c1-12-7-2-5(11)3-8-9(7)6(10)4-13-8/h2-4H,11H2,1H3. The van der Waals surface area contributed by atoms with E-state index in [2.05, 4.69) is 0 Å². The number of thiophene rings is 1. The lowest BCUT2D eigenvalue weighted by atomic mass is 10.2. The molecule has 0 unspecified atom stereocenters. The number of ether oxygens (including phenoxy) is 1. The molecule has 0 spiro atoms. The van der Waals surface area contributed by atoms with Crippen LogP contribution in [0.3, 0.4) is 0 Å². The first-order valence-corrected chi connectivity index (χ1v) is 4.98. The van der Waals surface area contributed by atoms with Crippen molar-refractivity contribution in [1.82, 2.24) is 0 Å². The van der Waals surface area contributed by atoms with Crippen LogP contribution in [0, 0.1) is 0 Å². The summed E-state index contributed by atoms with van der Waals surface area (Å²) in [5.41, 5.74) is 6.39. The quantitative estimate of drug-likeness (QED) is 0.739. The van der Waals surface area contributed by atoms with Crippen LogP contribution in [0.4, 0.5) is 5.69 Å². The number of hydrogen-bond acceptors (Lipinski definition) is 3. The summed E-state index contributed by atoms with van der Waals surface area (Å²) in [7, 11) is 1.61. The van der Waals surface area contributed by atoms with Crippen LogP contribution in [0.2, 0.25) is 5.02 Å². The topological polar surface area (TPSA) is 35.2 Å². The molecule has 2 aromatic rings. The normalized spacial score (nSPS) is 10.6. The summed E-state index contributed by atoms with van der Waals surface area (Å²) < 4.78 is 6.25. The number of benzene rings is 1. The van der Waals surface area contributed by atoms with Crippen LogP contribution in [0.5, 0.6) is 5.75 Å². The molecule has 2 rings (SSSR count). The van der Waals surface area contributed by atoms with Crippen molar-refractivity contribution in [1.29, 1.82) is 0 Å². The van der Waals surface area contributed by atoms with Crippen LogP contribution >= 0.6 is 22.9 Å². The van der Waals surface area contributed by atoms with Crippen molar-refractivity contribution in [3.63, 3.8) is 0 Å². The molecule has 1 aromatic heterocycles. The molecule has 0 aliphatic heterocycles. The van der Waals surface area contributed by atoms with E-state index in [1.165, 1.54) is 0 Å². The summed E-state index contributed by atoms with van der Waals surface area (Å²) in [6.07, 6.45) is 0. The largest absolute Gasteiger partial charge is 0.496 e. The zero-order chi connectivity index (χ0) is 9.42. The molecule has 0 bridgehead atoms. The number of anilines is 1. The molecule has 0 fully saturated rings. The number of nitrogens with two attached hydrogens (primary N) is 1. The first-order valence-electron chi connectivity index (χ1n) is 3.72. The Kier molecular flexibility index (Phi) is 2.06. The highest BCUT2D eigenvalue weighted by Gasteiger charge is 2.08. The van der Waals surface area contributed by atoms with Crippen LogP contribution in [0.25, 0.3) is 10.1 Å². The van der Waals surface area contributed by atoms with Gasteiger partial charge in [0, 0.05) is 21.8 Å². The van der Waals surface area contributed by atoms with Crippen LogP contribution < -0.4 is 10.5 Å². The van der Waals surface area contributed by atoms with Gasteiger partial charge in [0.15, 0.2) is 0 Å². The average Bonchev–Trinajstić information content (AvgIpc) is 2.46. The third kappa shape index (κ3) is 1.34. The molecule has 0 saturated carbocycles. The van der Waals surface area contributed by atoms with Crippen LogP contribution in [-0.4, -0.2) is 7.11 Å². The number of nitrogen functional groups attached to an aromatic ring is 1. The van der Waals surface area contributed by atoms with Crippen molar-refractivity contribution in [3.05, 3.63) is 22.5 Å². The Hall–Kier alpha value is -0.930. The van der Waals surface area contributed by atoms with E-state index >= 15 is 0 Å². The zero-order valence-corrected chi connectivity index (χ0v) is 8.58. The smallest absolute Gasteiger partial charge is 0.131 e. The second kappa shape index (κ2) is 3.09. The van der Waals surface area contributed by atoms with E-state index in [9.17, 15) is 0 Å². The summed E-state index contributed by atoms with van der Waals surface area (Å²) in [6, 6.07) is 3.68. The van der Waals surface area contributed by atoms with Crippen LogP contribution in [0.1, 0.15) is 0 Å². The van der Waals surface area contributed by atoms with Gasteiger partial charge in [0.25, 0.3) is 0 Å². The highest BCUT2D eigenvalue weighted by atomic mass is 35.5. The number of rotatable bonds is 1. The first-order chi connectivity index (χ1) is 6.22. The highest BCUT2D eigenvalue weighted by Crippen LogP contribution is 2.38. The molecule has 13 heavy (non-hydrogen) atoms. The van der Waals surface area contributed by atoms with Gasteiger partial charge in [-0.2, -0.15) is 0 Å². The van der Waals surface area contributed by atoms with Gasteiger partial charge in [-0.3, -0.25) is 0 Å². The lowest BCUT2D eigenvalue weighted by Crippen LogP contribution is -1.88. The Morgan fingerprint density at radius 1 is 1.46 bits per heavy atom. The van der Waals surface area contributed by atoms with E-state index in [1.54, 1.807) is 24.5 Å². The van der Waals surface area contributed by atoms with E-state index in [4.69, 9.17) is 22.1 Å². The zero-order valence-electron chi connectivity index (χ0n) is 7.00. The Morgan fingerprint density at radius 3 is 2.92 bits per heavy atom. The fourth-order valence-electron chi connectivity index (χ4n) is 1.27. The molecule has 0 radical (unpaired) electrons. The third-order valence-electron chi connectivity index (χ3n) is 1.84. The predicted molar refractivity (Wildman–Crippen MR) is 57.8 cm³/mol. The predicted octanol–water partition coefficient (Wildman–Crippen LogP) is 3.15. The summed E-state index contributed by atoms with van der Waals surface area (Å²) in [6.45, 7) is 0. The van der Waals surface area contributed by atoms with Gasteiger partial charge in [-0.15, -0.1) is 11.3 Å². The Balaban J connectivity index is 2.85. The molecule has 68 valence electrons. The maximum atomic E-state index is 6.00. The number of hydrogen-bond donors (Lipinski definition) is 1. The van der Waals surface area contributed by atoms with Gasteiger partial charge in [0.2, 0.25) is 0 Å². The molecular formula is C9H8ClNOS. The average molecular weight is 214 g/mol. The van der Waals surface area contributed by atoms with Gasteiger partial charge in [-0.1, -0.05) is 11.6 Å². The molecule has 0 saturated heterocycles. The van der Waals surface area contributed by atoms with Gasteiger partial charge >= 0.3 is 0 Å². The number of halogens is 1. The van der Waals surface area contributed by atoms with E-state index in [1.807, 2.05) is 11.4 Å². The number of methoxy groups -OCH3 is 1. The van der Waals surface area contributed by atoms with Crippen LogP contribution in [0.15, 0.2) is 17.5 Å². The molecule has 2 N–H and O–H groups in total. The molecule has 1 aromatic carbocycles. The SMILES string of the molecule is COc1cc(N)cc2scc(Cl)c12. The lowest BCUT2D eigenvalue weighted by Gasteiger charge is -2.03. The maximum Gasteiger partial charge on any atom is 0.131 e. The Bertz CT molecular complexity index is 452. The van der Waals surface area contributed by atoms with Gasteiger partial charge in [0.1, 0.15) is 5.75 Å². The molecule has 0 atom stereocenters. The van der Waals surface area contributed by atoms with Crippen molar-refractivity contribution in [2.45, 2.75) is 0 Å². The Labute approximate surface area is 84.9 Å². The fourth-order valence-corrected chi connectivity index (χ4v) is 2.54. The second-order valence-corrected chi connectivity index (χ2v) is 4.00. The van der Waals surface area contributed by atoms with Crippen molar-refractivity contribution in [2.75, 3.05) is 12.8 Å². The monoisotopic (exact) mass is 213 g/mol. The summed E-state index contributed by atoms with van der Waals surface area (Å²) in [5, 5.41) is 3.55. The third-order valence-corrected chi connectivity index (χ3v) is 3.19. The maximum absolute atomic E-state index is 6.00. The van der Waals surface area contributed by atoms with Gasteiger partial charge < -0.3 is 10.5 Å². The van der Waals surface area contributed by atoms with Crippen molar-refractivity contribution in [2.24, 2.45) is 0 Å². The van der Waals surface area contributed by atoms with Gasteiger partial charge in [0.05, 0.1) is 17.5 Å². The molecule has 0 aliphatic carbocycles. The fraction of sp³-hybridized carbons (Fsp3) is 0.111. The van der Waals surface area contributed by atoms with E-state index in [-0.39, 0.29) is 0 Å². The van der Waals surface area contributed by atoms with Crippen LogP contribution in [-0.2, 0) is 0 Å². The van der Waals surface area contributed by atoms with E-state index in [0.717, 1.165) is 20.9 Å². The van der Waals surface area contributed by atoms with E-state index in [0.29, 0.717) is 5.69 Å². The first kappa shape index (κ1) is 8.66. The van der Waals surface area contributed by atoms with Crippen molar-refractivity contribution in [3.8, 4) is 5.75 Å². The molecular weight excluding hydrogens is 206 g/mol. The number of fused-ring (bicyclic) bond motifs is 1. The van der Waals surface area contributed by atoms with E-state index < -0.39 is 0 Å². The molecule has 2 nitrogen and oxygen atoms in total. The summed E-state index contributed by atoms with van der Waals surface area (Å²) in [5.74, 6) is 0.737. The highest BCUT2D eigenvalue weighted by molar-refractivity contribution is 7.18. The van der Waals surface area contributed by atoms with Gasteiger partial charge in [-0.05, 0) is 6.07 Å². The van der Waals surface area contributed by atoms with Crippen molar-refractivity contribution >= 4 is 38.7 Å². The summed E-state index contributed by atoms with van der Waals surface area (Å²) in [4.78, 5) is 0. The molecule has 0 amide bonds. The Morgan fingerprint density at radius 2 is 2.23 bits per heavy atom. The second-order valence-electron chi connectivity index (χ2n) is 2.68. The van der Waals surface area contributed by atoms with Gasteiger partial charge in [-0.25, -0.2) is 0 Å². The van der Waals surface area contributed by atoms with Crippen molar-refractivity contribution < 1.29 is 4.74 Å². The lowest BCUT2D eigenvalue weighted by molar-refractivity contribution is 0.420. The minimum atomic E-state index is 0.697. The molecule has 0 aliphatic rings.